The standard InChI is InChI=1S/C17H19IN2O3/c1-17(2,3)23-16(21)20-11-12-7-8-15(19-10-12)22-14-6-4-5-13(18)9-14/h4-10H,11H2,1-3H3,(H,20,21). The van der Waals surface area contributed by atoms with Gasteiger partial charge in [-0.2, -0.15) is 0 Å². The lowest BCUT2D eigenvalue weighted by Gasteiger charge is -2.19. The fourth-order valence-corrected chi connectivity index (χ4v) is 2.23. The molecule has 0 saturated carbocycles. The molecule has 1 heterocycles. The molecular formula is C17H19IN2O3. The van der Waals surface area contributed by atoms with Crippen molar-refractivity contribution >= 4 is 28.7 Å². The summed E-state index contributed by atoms with van der Waals surface area (Å²) >= 11 is 2.23. The highest BCUT2D eigenvalue weighted by atomic mass is 127. The average molecular weight is 426 g/mol. The van der Waals surface area contributed by atoms with E-state index < -0.39 is 11.7 Å². The third-order valence-corrected chi connectivity index (χ3v) is 3.32. The van der Waals surface area contributed by atoms with E-state index in [-0.39, 0.29) is 0 Å². The molecule has 6 heteroatoms. The Hall–Kier alpha value is -1.83. The van der Waals surface area contributed by atoms with Gasteiger partial charge in [-0.05, 0) is 67.1 Å². The first-order chi connectivity index (χ1) is 10.8. The Balaban J connectivity index is 1.88. The van der Waals surface area contributed by atoms with Crippen LogP contribution in [0.4, 0.5) is 4.79 Å². The smallest absolute Gasteiger partial charge is 0.407 e. The number of hydrogen-bond acceptors (Lipinski definition) is 4. The number of carbonyl (C=O) groups is 1. The van der Waals surface area contributed by atoms with Gasteiger partial charge < -0.3 is 14.8 Å². The number of ether oxygens (including phenoxy) is 2. The van der Waals surface area contributed by atoms with Crippen molar-refractivity contribution in [2.75, 3.05) is 0 Å². The van der Waals surface area contributed by atoms with Crippen LogP contribution in [0.25, 0.3) is 0 Å². The summed E-state index contributed by atoms with van der Waals surface area (Å²) in [6, 6.07) is 11.4. The second-order valence-electron chi connectivity index (χ2n) is 5.92. The molecule has 1 amide bonds. The first-order valence-corrected chi connectivity index (χ1v) is 8.25. The van der Waals surface area contributed by atoms with Gasteiger partial charge in [-0.1, -0.05) is 12.1 Å². The van der Waals surface area contributed by atoms with E-state index in [1.165, 1.54) is 0 Å². The van der Waals surface area contributed by atoms with Crippen LogP contribution in [0, 0.1) is 3.57 Å². The van der Waals surface area contributed by atoms with Crippen LogP contribution in [0.15, 0.2) is 42.6 Å². The molecule has 0 bridgehead atoms. The predicted octanol–water partition coefficient (Wildman–Crippen LogP) is 4.50. The highest BCUT2D eigenvalue weighted by Crippen LogP contribution is 2.21. The number of aromatic nitrogens is 1. The Kier molecular flexibility index (Phi) is 5.81. The van der Waals surface area contributed by atoms with Gasteiger partial charge in [-0.3, -0.25) is 0 Å². The number of hydrogen-bond donors (Lipinski definition) is 1. The van der Waals surface area contributed by atoms with Crippen molar-refractivity contribution in [3.05, 3.63) is 51.7 Å². The molecule has 0 atom stereocenters. The van der Waals surface area contributed by atoms with Crippen LogP contribution in [-0.2, 0) is 11.3 Å². The van der Waals surface area contributed by atoms with E-state index in [4.69, 9.17) is 9.47 Å². The quantitative estimate of drug-likeness (QED) is 0.732. The summed E-state index contributed by atoms with van der Waals surface area (Å²) in [4.78, 5) is 15.8. The molecular weight excluding hydrogens is 407 g/mol. The molecule has 2 aromatic rings. The molecule has 0 aliphatic carbocycles. The van der Waals surface area contributed by atoms with Crippen molar-refractivity contribution in [2.45, 2.75) is 32.9 Å². The number of carbonyl (C=O) groups excluding carboxylic acids is 1. The van der Waals surface area contributed by atoms with Gasteiger partial charge in [-0.15, -0.1) is 0 Å². The van der Waals surface area contributed by atoms with E-state index in [0.29, 0.717) is 12.4 Å². The molecule has 5 nitrogen and oxygen atoms in total. The first kappa shape index (κ1) is 17.5. The maximum absolute atomic E-state index is 11.6. The zero-order valence-corrected chi connectivity index (χ0v) is 15.5. The molecule has 0 radical (unpaired) electrons. The molecule has 0 aliphatic rings. The number of pyridine rings is 1. The summed E-state index contributed by atoms with van der Waals surface area (Å²) in [6.07, 6.45) is 1.22. The highest BCUT2D eigenvalue weighted by Gasteiger charge is 2.15. The van der Waals surface area contributed by atoms with E-state index in [1.807, 2.05) is 51.1 Å². The molecule has 2 rings (SSSR count). The van der Waals surface area contributed by atoms with Gasteiger partial charge in [0.2, 0.25) is 5.88 Å². The van der Waals surface area contributed by atoms with E-state index in [1.54, 1.807) is 12.3 Å². The van der Waals surface area contributed by atoms with Crippen LogP contribution in [0.1, 0.15) is 26.3 Å². The van der Waals surface area contributed by atoms with Gasteiger partial charge in [0, 0.05) is 22.4 Å². The molecule has 122 valence electrons. The molecule has 0 spiro atoms. The minimum Gasteiger partial charge on any atom is -0.444 e. The summed E-state index contributed by atoms with van der Waals surface area (Å²) in [5.74, 6) is 1.25. The number of halogens is 1. The molecule has 1 aromatic heterocycles. The zero-order chi connectivity index (χ0) is 16.9. The summed E-state index contributed by atoms with van der Waals surface area (Å²) in [7, 11) is 0. The average Bonchev–Trinajstić information content (AvgIpc) is 2.45. The van der Waals surface area contributed by atoms with Gasteiger partial charge in [0.25, 0.3) is 0 Å². The molecule has 23 heavy (non-hydrogen) atoms. The van der Waals surface area contributed by atoms with Crippen LogP contribution in [0.5, 0.6) is 11.6 Å². The number of benzene rings is 1. The maximum Gasteiger partial charge on any atom is 0.407 e. The van der Waals surface area contributed by atoms with Crippen molar-refractivity contribution in [1.82, 2.24) is 10.3 Å². The third kappa shape index (κ3) is 6.43. The summed E-state index contributed by atoms with van der Waals surface area (Å²) < 4.78 is 12.0. The molecule has 0 fully saturated rings. The Labute approximate surface area is 149 Å². The van der Waals surface area contributed by atoms with Crippen LogP contribution >= 0.6 is 22.6 Å². The summed E-state index contributed by atoms with van der Waals surface area (Å²) in [6.45, 7) is 5.83. The minimum atomic E-state index is -0.507. The van der Waals surface area contributed by atoms with Crippen molar-refractivity contribution in [3.8, 4) is 11.6 Å². The molecule has 0 saturated heterocycles. The molecule has 0 unspecified atom stereocenters. The van der Waals surface area contributed by atoms with E-state index in [9.17, 15) is 4.79 Å². The summed E-state index contributed by atoms with van der Waals surface area (Å²) in [5, 5.41) is 2.69. The van der Waals surface area contributed by atoms with Crippen LogP contribution in [-0.4, -0.2) is 16.7 Å². The maximum atomic E-state index is 11.6. The van der Waals surface area contributed by atoms with Gasteiger partial charge in [0.1, 0.15) is 11.4 Å². The number of alkyl carbamates (subject to hydrolysis) is 1. The van der Waals surface area contributed by atoms with Gasteiger partial charge >= 0.3 is 6.09 Å². The lowest BCUT2D eigenvalue weighted by molar-refractivity contribution is 0.0523. The number of rotatable bonds is 4. The normalized spacial score (nSPS) is 11.0. The first-order valence-electron chi connectivity index (χ1n) is 7.17. The SMILES string of the molecule is CC(C)(C)OC(=O)NCc1ccc(Oc2cccc(I)c2)nc1. The van der Waals surface area contributed by atoms with Crippen molar-refractivity contribution in [1.29, 1.82) is 0 Å². The Morgan fingerprint density at radius 2 is 2.04 bits per heavy atom. The number of amides is 1. The third-order valence-electron chi connectivity index (χ3n) is 2.65. The largest absolute Gasteiger partial charge is 0.444 e. The molecule has 1 N–H and O–H groups in total. The Morgan fingerprint density at radius 1 is 1.26 bits per heavy atom. The molecule has 0 aliphatic heterocycles. The highest BCUT2D eigenvalue weighted by molar-refractivity contribution is 14.1. The van der Waals surface area contributed by atoms with Crippen molar-refractivity contribution in [2.24, 2.45) is 0 Å². The van der Waals surface area contributed by atoms with Gasteiger partial charge in [-0.25, -0.2) is 9.78 Å². The van der Waals surface area contributed by atoms with Gasteiger partial charge in [0.15, 0.2) is 0 Å². The minimum absolute atomic E-state index is 0.353. The zero-order valence-electron chi connectivity index (χ0n) is 13.3. The number of nitrogens with one attached hydrogen (secondary N) is 1. The topological polar surface area (TPSA) is 60.5 Å². The van der Waals surface area contributed by atoms with Crippen molar-refractivity contribution < 1.29 is 14.3 Å². The molecule has 1 aromatic carbocycles. The van der Waals surface area contributed by atoms with Gasteiger partial charge in [0.05, 0.1) is 0 Å². The van der Waals surface area contributed by atoms with Crippen molar-refractivity contribution in [3.63, 3.8) is 0 Å². The van der Waals surface area contributed by atoms with Crippen LogP contribution in [0.3, 0.4) is 0 Å². The fraction of sp³-hybridized carbons (Fsp3) is 0.294. The van der Waals surface area contributed by atoms with E-state index in [2.05, 4.69) is 32.9 Å². The van der Waals surface area contributed by atoms with E-state index in [0.717, 1.165) is 14.9 Å². The monoisotopic (exact) mass is 426 g/mol. The predicted molar refractivity (Wildman–Crippen MR) is 96.5 cm³/mol. The second-order valence-corrected chi connectivity index (χ2v) is 7.17. The lowest BCUT2D eigenvalue weighted by atomic mass is 10.2. The lowest BCUT2D eigenvalue weighted by Crippen LogP contribution is -2.32. The number of nitrogens with zero attached hydrogens (tertiary/aromatic N) is 1. The second kappa shape index (κ2) is 7.63. The van der Waals surface area contributed by atoms with E-state index >= 15 is 0 Å². The Morgan fingerprint density at radius 3 is 2.65 bits per heavy atom. The van der Waals surface area contributed by atoms with Crippen LogP contribution in [0.2, 0.25) is 0 Å². The Bertz CT molecular complexity index is 666. The summed E-state index contributed by atoms with van der Waals surface area (Å²) in [5.41, 5.74) is 0.360. The van der Waals surface area contributed by atoms with Crippen LogP contribution < -0.4 is 10.1 Å². The fourth-order valence-electron chi connectivity index (χ4n) is 1.72.